The summed E-state index contributed by atoms with van der Waals surface area (Å²) in [5.74, 6) is -0.366. The fraction of sp³-hybridized carbons (Fsp3) is 0.222. The molecule has 1 unspecified atom stereocenters. The molecule has 0 spiro atoms. The van der Waals surface area contributed by atoms with E-state index in [1.807, 2.05) is 30.3 Å². The Morgan fingerprint density at radius 2 is 2.00 bits per heavy atom. The minimum Gasteiger partial charge on any atom is -0.492 e. The van der Waals surface area contributed by atoms with Gasteiger partial charge in [0.25, 0.3) is 5.91 Å². The molecule has 1 aliphatic heterocycles. The molecule has 0 bridgehead atoms. The smallest absolute Gasteiger partial charge is 0.254 e. The van der Waals surface area contributed by atoms with Crippen LogP contribution in [0.3, 0.4) is 0 Å². The maximum atomic E-state index is 13.5. The molecule has 2 aromatic rings. The van der Waals surface area contributed by atoms with Crippen LogP contribution in [0.4, 0.5) is 10.1 Å². The van der Waals surface area contributed by atoms with Crippen LogP contribution >= 0.6 is 0 Å². The molecule has 124 valence electrons. The number of hydrogen-bond donors (Lipinski definition) is 1. The highest BCUT2D eigenvalue weighted by Crippen LogP contribution is 2.36. The lowest BCUT2D eigenvalue weighted by Gasteiger charge is -2.18. The van der Waals surface area contributed by atoms with Gasteiger partial charge in [-0.2, -0.15) is 0 Å². The van der Waals surface area contributed by atoms with E-state index in [-0.39, 0.29) is 11.8 Å². The zero-order chi connectivity index (χ0) is 17.1. The van der Waals surface area contributed by atoms with Crippen LogP contribution in [0.15, 0.2) is 48.5 Å². The lowest BCUT2D eigenvalue weighted by atomic mass is 10.1. The number of ether oxygens (including phenoxy) is 1. The highest BCUT2D eigenvalue weighted by atomic mass is 19.1. The van der Waals surface area contributed by atoms with Gasteiger partial charge in [0.2, 0.25) is 5.91 Å². The molecule has 0 fully saturated rings. The van der Waals surface area contributed by atoms with E-state index < -0.39 is 11.9 Å². The van der Waals surface area contributed by atoms with E-state index in [4.69, 9.17) is 4.74 Å². The highest BCUT2D eigenvalue weighted by molar-refractivity contribution is 6.06. The van der Waals surface area contributed by atoms with Gasteiger partial charge in [-0.05, 0) is 30.3 Å². The van der Waals surface area contributed by atoms with Crippen LogP contribution in [0.5, 0.6) is 5.75 Å². The maximum Gasteiger partial charge on any atom is 0.254 e. The third-order valence-electron chi connectivity index (χ3n) is 3.78. The molecule has 24 heavy (non-hydrogen) atoms. The fourth-order valence-corrected chi connectivity index (χ4v) is 2.75. The Morgan fingerprint density at radius 1 is 1.25 bits per heavy atom. The Kier molecular flexibility index (Phi) is 4.46. The number of para-hydroxylation sites is 1. The second-order valence-electron chi connectivity index (χ2n) is 5.49. The number of fused-ring (bicyclic) bond motifs is 1. The normalized spacial score (nSPS) is 16.0. The summed E-state index contributed by atoms with van der Waals surface area (Å²) < 4.78 is 19.1. The summed E-state index contributed by atoms with van der Waals surface area (Å²) in [6.45, 7) is 1.93. The molecule has 1 N–H and O–H groups in total. The first kappa shape index (κ1) is 16.0. The van der Waals surface area contributed by atoms with E-state index in [1.165, 1.54) is 24.0 Å². The van der Waals surface area contributed by atoms with Gasteiger partial charge in [-0.15, -0.1) is 0 Å². The first-order valence-corrected chi connectivity index (χ1v) is 7.62. The second kappa shape index (κ2) is 6.70. The number of hydrogen-bond acceptors (Lipinski definition) is 3. The van der Waals surface area contributed by atoms with Gasteiger partial charge in [-0.25, -0.2) is 4.39 Å². The Labute approximate surface area is 139 Å². The molecule has 6 heteroatoms. The average Bonchev–Trinajstić information content (AvgIpc) is 2.80. The number of rotatable bonds is 5. The molecule has 0 radical (unpaired) electrons. The van der Waals surface area contributed by atoms with Crippen molar-refractivity contribution in [2.45, 2.75) is 13.0 Å². The van der Waals surface area contributed by atoms with Crippen LogP contribution in [0.2, 0.25) is 0 Å². The standard InChI is InChI=1S/C18H17FN2O3/c1-12(22)20-17-15-11-13(19)7-8-16(15)21(18(17)23)9-10-24-14-5-3-2-4-6-14/h2-8,11,17H,9-10H2,1H3,(H,20,22). The summed E-state index contributed by atoms with van der Waals surface area (Å²) in [4.78, 5) is 25.4. The number of amides is 2. The molecule has 1 atom stereocenters. The topological polar surface area (TPSA) is 58.6 Å². The van der Waals surface area contributed by atoms with Gasteiger partial charge < -0.3 is 15.0 Å². The lowest BCUT2D eigenvalue weighted by molar-refractivity contribution is -0.126. The first-order valence-electron chi connectivity index (χ1n) is 7.62. The number of nitrogens with one attached hydrogen (secondary N) is 1. The van der Waals surface area contributed by atoms with E-state index in [0.717, 1.165) is 0 Å². The van der Waals surface area contributed by atoms with Crippen LogP contribution in [-0.4, -0.2) is 25.0 Å². The van der Waals surface area contributed by atoms with Crippen molar-refractivity contribution in [2.24, 2.45) is 0 Å². The third kappa shape index (κ3) is 3.22. The number of carbonyl (C=O) groups excluding carboxylic acids is 2. The lowest BCUT2D eigenvalue weighted by Crippen LogP contribution is -2.38. The van der Waals surface area contributed by atoms with Crippen molar-refractivity contribution in [2.75, 3.05) is 18.1 Å². The summed E-state index contributed by atoms with van der Waals surface area (Å²) in [5.41, 5.74) is 1.06. The first-order chi connectivity index (χ1) is 11.6. The molecule has 0 saturated carbocycles. The molecule has 1 aliphatic rings. The Morgan fingerprint density at radius 3 is 2.71 bits per heavy atom. The second-order valence-corrected chi connectivity index (χ2v) is 5.49. The van der Waals surface area contributed by atoms with Crippen molar-refractivity contribution in [3.05, 3.63) is 59.9 Å². The number of carbonyl (C=O) groups is 2. The summed E-state index contributed by atoms with van der Waals surface area (Å²) >= 11 is 0. The zero-order valence-electron chi connectivity index (χ0n) is 13.2. The number of anilines is 1. The maximum absolute atomic E-state index is 13.5. The van der Waals surface area contributed by atoms with Crippen LogP contribution in [0, 0.1) is 5.82 Å². The SMILES string of the molecule is CC(=O)NC1C(=O)N(CCOc2ccccc2)c2ccc(F)cc21. The Hall–Kier alpha value is -2.89. The van der Waals surface area contributed by atoms with Crippen LogP contribution in [0.1, 0.15) is 18.5 Å². The summed E-state index contributed by atoms with van der Waals surface area (Å²) in [7, 11) is 0. The summed E-state index contributed by atoms with van der Waals surface area (Å²) in [5, 5.41) is 2.58. The molecule has 1 heterocycles. The minimum atomic E-state index is -0.857. The summed E-state index contributed by atoms with van der Waals surface area (Å²) in [6, 6.07) is 12.5. The zero-order valence-corrected chi connectivity index (χ0v) is 13.2. The monoisotopic (exact) mass is 328 g/mol. The van der Waals surface area contributed by atoms with Gasteiger partial charge in [0.05, 0.1) is 6.54 Å². The van der Waals surface area contributed by atoms with Gasteiger partial charge in [0, 0.05) is 18.2 Å². The molecule has 3 rings (SSSR count). The third-order valence-corrected chi connectivity index (χ3v) is 3.78. The molecule has 2 amide bonds. The quantitative estimate of drug-likeness (QED) is 0.917. The van der Waals surface area contributed by atoms with Crippen LogP contribution < -0.4 is 15.0 Å². The van der Waals surface area contributed by atoms with Crippen LogP contribution in [0.25, 0.3) is 0 Å². The molecule has 0 saturated heterocycles. The van der Waals surface area contributed by atoms with E-state index in [1.54, 1.807) is 6.07 Å². The number of halogens is 1. The molecular weight excluding hydrogens is 311 g/mol. The van der Waals surface area contributed by atoms with Crippen molar-refractivity contribution >= 4 is 17.5 Å². The van der Waals surface area contributed by atoms with E-state index in [2.05, 4.69) is 5.32 Å². The van der Waals surface area contributed by atoms with Gasteiger partial charge in [0.15, 0.2) is 0 Å². The van der Waals surface area contributed by atoms with Crippen molar-refractivity contribution < 1.29 is 18.7 Å². The Balaban J connectivity index is 1.76. The molecule has 5 nitrogen and oxygen atoms in total. The predicted octanol–water partition coefficient (Wildman–Crippen LogP) is 2.43. The number of nitrogens with zero attached hydrogens (tertiary/aromatic N) is 1. The van der Waals surface area contributed by atoms with Gasteiger partial charge >= 0.3 is 0 Å². The van der Waals surface area contributed by atoms with Gasteiger partial charge in [-0.3, -0.25) is 9.59 Å². The average molecular weight is 328 g/mol. The predicted molar refractivity (Wildman–Crippen MR) is 87.2 cm³/mol. The van der Waals surface area contributed by atoms with Crippen molar-refractivity contribution in [3.63, 3.8) is 0 Å². The van der Waals surface area contributed by atoms with E-state index in [9.17, 15) is 14.0 Å². The molecular formula is C18H17FN2O3. The van der Waals surface area contributed by atoms with E-state index in [0.29, 0.717) is 30.2 Å². The van der Waals surface area contributed by atoms with Gasteiger partial charge in [-0.1, -0.05) is 18.2 Å². The Bertz CT molecular complexity index is 764. The van der Waals surface area contributed by atoms with Crippen molar-refractivity contribution in [3.8, 4) is 5.75 Å². The molecule has 0 aromatic heterocycles. The van der Waals surface area contributed by atoms with E-state index >= 15 is 0 Å². The number of benzene rings is 2. The molecule has 0 aliphatic carbocycles. The van der Waals surface area contributed by atoms with Crippen molar-refractivity contribution in [1.82, 2.24) is 5.32 Å². The fourth-order valence-electron chi connectivity index (χ4n) is 2.75. The minimum absolute atomic E-state index is 0.289. The van der Waals surface area contributed by atoms with Gasteiger partial charge in [0.1, 0.15) is 24.2 Å². The largest absolute Gasteiger partial charge is 0.492 e. The van der Waals surface area contributed by atoms with Crippen LogP contribution in [-0.2, 0) is 9.59 Å². The summed E-state index contributed by atoms with van der Waals surface area (Å²) in [6.07, 6.45) is 0. The van der Waals surface area contributed by atoms with Crippen molar-refractivity contribution in [1.29, 1.82) is 0 Å². The molecule has 2 aromatic carbocycles. The highest BCUT2D eigenvalue weighted by Gasteiger charge is 2.37.